The highest BCUT2D eigenvalue weighted by Gasteiger charge is 2.07. The molecule has 0 aliphatic heterocycles. The summed E-state index contributed by atoms with van der Waals surface area (Å²) < 4.78 is 0. The third-order valence-electron chi connectivity index (χ3n) is 2.19. The highest BCUT2D eigenvalue weighted by molar-refractivity contribution is 7.14. The van der Waals surface area contributed by atoms with Crippen molar-refractivity contribution >= 4 is 34.5 Å². The van der Waals surface area contributed by atoms with Gasteiger partial charge in [0, 0.05) is 22.9 Å². The molecule has 0 amide bonds. The Hall–Kier alpha value is -0.640. The van der Waals surface area contributed by atoms with Crippen LogP contribution in [0.5, 0.6) is 0 Å². The van der Waals surface area contributed by atoms with Crippen LogP contribution in [0.3, 0.4) is 0 Å². The number of aryl methyl sites for hydroxylation is 2. The maximum absolute atomic E-state index is 6.07. The van der Waals surface area contributed by atoms with Crippen LogP contribution in [0.1, 0.15) is 10.6 Å². The minimum Gasteiger partial charge on any atom is -0.143 e. The van der Waals surface area contributed by atoms with Crippen molar-refractivity contribution in [2.45, 2.75) is 13.3 Å². The lowest BCUT2D eigenvalue weighted by Crippen LogP contribution is -1.83. The van der Waals surface area contributed by atoms with Gasteiger partial charge in [0.15, 0.2) is 0 Å². The van der Waals surface area contributed by atoms with E-state index in [4.69, 9.17) is 23.2 Å². The molecule has 2 rings (SSSR count). The molecule has 5 heteroatoms. The number of halogens is 2. The fourth-order valence-electron chi connectivity index (χ4n) is 1.28. The summed E-state index contributed by atoms with van der Waals surface area (Å²) in [5, 5.41) is 10.8. The summed E-state index contributed by atoms with van der Waals surface area (Å²) in [5.41, 5.74) is 2.07. The van der Waals surface area contributed by atoms with E-state index in [2.05, 4.69) is 10.2 Å². The summed E-state index contributed by atoms with van der Waals surface area (Å²) >= 11 is 13.3. The standard InChI is InChI=1S/C11H10Cl2N2S/c1-7-2-3-8(6-9(7)13)11-15-14-10(16-11)4-5-12/h2-3,6H,4-5H2,1H3. The molecule has 0 bridgehead atoms. The van der Waals surface area contributed by atoms with Gasteiger partial charge in [-0.05, 0) is 18.6 Å². The zero-order chi connectivity index (χ0) is 11.5. The molecule has 0 atom stereocenters. The summed E-state index contributed by atoms with van der Waals surface area (Å²) in [4.78, 5) is 0. The summed E-state index contributed by atoms with van der Waals surface area (Å²) in [6, 6.07) is 5.91. The Morgan fingerprint density at radius 1 is 1.31 bits per heavy atom. The van der Waals surface area contributed by atoms with Crippen molar-refractivity contribution in [3.8, 4) is 10.6 Å². The third kappa shape index (κ3) is 2.54. The minimum absolute atomic E-state index is 0.573. The van der Waals surface area contributed by atoms with Gasteiger partial charge in [-0.15, -0.1) is 21.8 Å². The van der Waals surface area contributed by atoms with Gasteiger partial charge in [-0.25, -0.2) is 0 Å². The number of hydrogen-bond acceptors (Lipinski definition) is 3. The highest BCUT2D eigenvalue weighted by Crippen LogP contribution is 2.27. The number of nitrogens with zero attached hydrogens (tertiary/aromatic N) is 2. The molecule has 1 aromatic heterocycles. The third-order valence-corrected chi connectivity index (χ3v) is 3.82. The van der Waals surface area contributed by atoms with Crippen LogP contribution in [0.15, 0.2) is 18.2 Å². The van der Waals surface area contributed by atoms with Gasteiger partial charge < -0.3 is 0 Å². The van der Waals surface area contributed by atoms with Crippen molar-refractivity contribution in [1.29, 1.82) is 0 Å². The Balaban J connectivity index is 2.31. The summed E-state index contributed by atoms with van der Waals surface area (Å²) in [5.74, 6) is 0.573. The van der Waals surface area contributed by atoms with Gasteiger partial charge in [0.2, 0.25) is 0 Å². The molecule has 0 aliphatic carbocycles. The lowest BCUT2D eigenvalue weighted by molar-refractivity contribution is 0.990. The Morgan fingerprint density at radius 3 is 2.81 bits per heavy atom. The second kappa shape index (κ2) is 5.13. The minimum atomic E-state index is 0.573. The molecule has 2 aromatic rings. The summed E-state index contributed by atoms with van der Waals surface area (Å²) in [7, 11) is 0. The highest BCUT2D eigenvalue weighted by atomic mass is 35.5. The van der Waals surface area contributed by atoms with Crippen LogP contribution in [0.25, 0.3) is 10.6 Å². The Labute approximate surface area is 108 Å². The van der Waals surface area contributed by atoms with E-state index < -0.39 is 0 Å². The first-order chi connectivity index (χ1) is 7.70. The van der Waals surface area contributed by atoms with Gasteiger partial charge in [0.25, 0.3) is 0 Å². The van der Waals surface area contributed by atoms with E-state index in [0.717, 1.165) is 32.6 Å². The Kier molecular flexibility index (Phi) is 3.79. The van der Waals surface area contributed by atoms with E-state index in [9.17, 15) is 0 Å². The summed E-state index contributed by atoms with van der Waals surface area (Å²) in [6.07, 6.45) is 0.763. The quantitative estimate of drug-likeness (QED) is 0.791. The maximum atomic E-state index is 6.07. The van der Waals surface area contributed by atoms with Crippen molar-refractivity contribution in [3.05, 3.63) is 33.8 Å². The van der Waals surface area contributed by atoms with Crippen LogP contribution in [0, 0.1) is 6.92 Å². The normalized spacial score (nSPS) is 10.7. The number of alkyl halides is 1. The van der Waals surface area contributed by atoms with E-state index in [0.29, 0.717) is 5.88 Å². The Morgan fingerprint density at radius 2 is 2.12 bits per heavy atom. The maximum Gasteiger partial charge on any atom is 0.147 e. The molecule has 84 valence electrons. The number of hydrogen-bond donors (Lipinski definition) is 0. The van der Waals surface area contributed by atoms with Crippen LogP contribution < -0.4 is 0 Å². The monoisotopic (exact) mass is 272 g/mol. The zero-order valence-corrected chi connectivity index (χ0v) is 11.0. The lowest BCUT2D eigenvalue weighted by Gasteiger charge is -1.99. The van der Waals surface area contributed by atoms with Crippen molar-refractivity contribution in [1.82, 2.24) is 10.2 Å². The molecule has 0 saturated heterocycles. The first-order valence-electron chi connectivity index (χ1n) is 4.85. The molecule has 16 heavy (non-hydrogen) atoms. The van der Waals surface area contributed by atoms with E-state index in [1.807, 2.05) is 25.1 Å². The number of aromatic nitrogens is 2. The predicted octanol–water partition coefficient (Wildman–Crippen LogP) is 3.95. The molecule has 0 saturated carbocycles. The van der Waals surface area contributed by atoms with Crippen molar-refractivity contribution < 1.29 is 0 Å². The van der Waals surface area contributed by atoms with Gasteiger partial charge in [-0.3, -0.25) is 0 Å². The number of benzene rings is 1. The predicted molar refractivity (Wildman–Crippen MR) is 69.5 cm³/mol. The molecule has 0 radical (unpaired) electrons. The topological polar surface area (TPSA) is 25.8 Å². The van der Waals surface area contributed by atoms with Crippen molar-refractivity contribution in [3.63, 3.8) is 0 Å². The fourth-order valence-corrected chi connectivity index (χ4v) is 2.59. The molecule has 0 unspecified atom stereocenters. The van der Waals surface area contributed by atoms with Crippen LogP contribution in [-0.2, 0) is 6.42 Å². The van der Waals surface area contributed by atoms with Crippen LogP contribution >= 0.6 is 34.5 Å². The molecule has 2 nitrogen and oxygen atoms in total. The van der Waals surface area contributed by atoms with Crippen LogP contribution in [-0.4, -0.2) is 16.1 Å². The Bertz CT molecular complexity index is 496. The largest absolute Gasteiger partial charge is 0.147 e. The van der Waals surface area contributed by atoms with E-state index in [1.165, 1.54) is 0 Å². The smallest absolute Gasteiger partial charge is 0.143 e. The molecule has 0 aliphatic rings. The second-order valence-electron chi connectivity index (χ2n) is 3.40. The first kappa shape index (κ1) is 11.8. The molecule has 0 fully saturated rings. The summed E-state index contributed by atoms with van der Waals surface area (Å²) in [6.45, 7) is 1.98. The molecular weight excluding hydrogens is 263 g/mol. The first-order valence-corrected chi connectivity index (χ1v) is 6.58. The van der Waals surface area contributed by atoms with Crippen LogP contribution in [0.4, 0.5) is 0 Å². The molecule has 1 heterocycles. The lowest BCUT2D eigenvalue weighted by atomic mass is 10.2. The van der Waals surface area contributed by atoms with E-state index in [1.54, 1.807) is 11.3 Å². The van der Waals surface area contributed by atoms with Gasteiger partial charge in [-0.2, -0.15) is 0 Å². The van der Waals surface area contributed by atoms with Crippen molar-refractivity contribution in [2.24, 2.45) is 0 Å². The van der Waals surface area contributed by atoms with Gasteiger partial charge in [0.05, 0.1) is 0 Å². The van der Waals surface area contributed by atoms with Gasteiger partial charge >= 0.3 is 0 Å². The second-order valence-corrected chi connectivity index (χ2v) is 5.25. The number of rotatable bonds is 3. The fraction of sp³-hybridized carbons (Fsp3) is 0.273. The van der Waals surface area contributed by atoms with E-state index in [-0.39, 0.29) is 0 Å². The van der Waals surface area contributed by atoms with E-state index >= 15 is 0 Å². The SMILES string of the molecule is Cc1ccc(-c2nnc(CCCl)s2)cc1Cl. The molecule has 0 N–H and O–H groups in total. The van der Waals surface area contributed by atoms with Crippen molar-refractivity contribution in [2.75, 3.05) is 5.88 Å². The molecule has 0 spiro atoms. The average Bonchev–Trinajstić information content (AvgIpc) is 2.71. The van der Waals surface area contributed by atoms with Gasteiger partial charge in [-0.1, -0.05) is 35.1 Å². The van der Waals surface area contributed by atoms with Gasteiger partial charge in [0.1, 0.15) is 10.0 Å². The molecule has 1 aromatic carbocycles. The molecular formula is C11H10Cl2N2S. The zero-order valence-electron chi connectivity index (χ0n) is 8.70. The average molecular weight is 273 g/mol. The van der Waals surface area contributed by atoms with Crippen LogP contribution in [0.2, 0.25) is 5.02 Å².